The van der Waals surface area contributed by atoms with E-state index in [1.165, 1.54) is 12.8 Å². The number of benzene rings is 1. The summed E-state index contributed by atoms with van der Waals surface area (Å²) >= 11 is 0. The lowest BCUT2D eigenvalue weighted by Gasteiger charge is -2.36. The van der Waals surface area contributed by atoms with Crippen molar-refractivity contribution in [2.75, 3.05) is 20.8 Å². The van der Waals surface area contributed by atoms with E-state index in [2.05, 4.69) is 18.7 Å². The van der Waals surface area contributed by atoms with Gasteiger partial charge in [-0.25, -0.2) is 0 Å². The van der Waals surface area contributed by atoms with Crippen LogP contribution in [-0.2, 0) is 6.54 Å². The molecular formula is C16H25NO3. The number of aromatic hydroxyl groups is 1. The van der Waals surface area contributed by atoms with Crippen LogP contribution in [0.4, 0.5) is 0 Å². The van der Waals surface area contributed by atoms with Gasteiger partial charge in [0.25, 0.3) is 0 Å². The Balaban J connectivity index is 2.20. The standard InChI is InChI=1S/C16H25NO3/c1-11-5-6-12(2)17(9-11)10-13-7-14(19-3)16(18)15(8-13)20-4/h7-8,11-12,18H,5-6,9-10H2,1-4H3. The Morgan fingerprint density at radius 2 is 1.75 bits per heavy atom. The predicted octanol–water partition coefficient (Wildman–Crippen LogP) is 3.03. The van der Waals surface area contributed by atoms with Crippen molar-refractivity contribution in [1.29, 1.82) is 0 Å². The molecule has 0 aliphatic carbocycles. The first-order valence-electron chi connectivity index (χ1n) is 7.23. The Kier molecular flexibility index (Phi) is 4.76. The summed E-state index contributed by atoms with van der Waals surface area (Å²) in [4.78, 5) is 2.49. The third kappa shape index (κ3) is 3.18. The molecule has 1 saturated heterocycles. The Morgan fingerprint density at radius 3 is 2.30 bits per heavy atom. The molecule has 2 unspecified atom stereocenters. The number of hydrogen-bond acceptors (Lipinski definition) is 4. The highest BCUT2D eigenvalue weighted by Crippen LogP contribution is 2.37. The monoisotopic (exact) mass is 279 g/mol. The molecule has 2 rings (SSSR count). The second-order valence-corrected chi connectivity index (χ2v) is 5.81. The number of methoxy groups -OCH3 is 2. The molecule has 0 spiro atoms. The number of phenolic OH excluding ortho intramolecular Hbond substituents is 1. The van der Waals surface area contributed by atoms with Gasteiger partial charge < -0.3 is 14.6 Å². The molecule has 1 fully saturated rings. The second-order valence-electron chi connectivity index (χ2n) is 5.81. The molecule has 0 saturated carbocycles. The van der Waals surface area contributed by atoms with Crippen LogP contribution in [0.5, 0.6) is 17.2 Å². The maximum Gasteiger partial charge on any atom is 0.200 e. The maximum atomic E-state index is 9.95. The third-order valence-corrected chi connectivity index (χ3v) is 4.17. The summed E-state index contributed by atoms with van der Waals surface area (Å²) in [5, 5.41) is 9.95. The van der Waals surface area contributed by atoms with Crippen LogP contribution in [-0.4, -0.2) is 36.8 Å². The van der Waals surface area contributed by atoms with Gasteiger partial charge in [-0.05, 0) is 43.4 Å². The zero-order chi connectivity index (χ0) is 14.7. The number of rotatable bonds is 4. The van der Waals surface area contributed by atoms with Gasteiger partial charge in [-0.3, -0.25) is 4.90 Å². The molecule has 1 aromatic carbocycles. The quantitative estimate of drug-likeness (QED) is 0.920. The molecular weight excluding hydrogens is 254 g/mol. The second kappa shape index (κ2) is 6.35. The average Bonchev–Trinajstić information content (AvgIpc) is 2.44. The SMILES string of the molecule is COc1cc(CN2CC(C)CCC2C)cc(OC)c1O. The van der Waals surface area contributed by atoms with Crippen molar-refractivity contribution < 1.29 is 14.6 Å². The summed E-state index contributed by atoms with van der Waals surface area (Å²) in [6.45, 7) is 6.56. The topological polar surface area (TPSA) is 41.9 Å². The summed E-state index contributed by atoms with van der Waals surface area (Å²) in [6, 6.07) is 4.38. The summed E-state index contributed by atoms with van der Waals surface area (Å²) in [5.41, 5.74) is 1.11. The summed E-state index contributed by atoms with van der Waals surface area (Å²) in [6.07, 6.45) is 2.55. The van der Waals surface area contributed by atoms with Gasteiger partial charge >= 0.3 is 0 Å². The van der Waals surface area contributed by atoms with Gasteiger partial charge in [0.2, 0.25) is 5.75 Å². The van der Waals surface area contributed by atoms with Crippen LogP contribution >= 0.6 is 0 Å². The molecule has 4 heteroatoms. The lowest BCUT2D eigenvalue weighted by Crippen LogP contribution is -2.40. The lowest BCUT2D eigenvalue weighted by atomic mass is 9.94. The molecule has 4 nitrogen and oxygen atoms in total. The van der Waals surface area contributed by atoms with E-state index in [0.717, 1.165) is 24.6 Å². The highest BCUT2D eigenvalue weighted by atomic mass is 16.5. The maximum absolute atomic E-state index is 9.95. The van der Waals surface area contributed by atoms with Crippen molar-refractivity contribution >= 4 is 0 Å². The van der Waals surface area contributed by atoms with Crippen LogP contribution in [0, 0.1) is 5.92 Å². The van der Waals surface area contributed by atoms with Gasteiger partial charge in [-0.2, -0.15) is 0 Å². The fraction of sp³-hybridized carbons (Fsp3) is 0.625. The molecule has 0 radical (unpaired) electrons. The number of nitrogens with zero attached hydrogens (tertiary/aromatic N) is 1. The molecule has 1 aromatic rings. The first kappa shape index (κ1) is 15.0. The largest absolute Gasteiger partial charge is 0.502 e. The first-order chi connectivity index (χ1) is 9.55. The highest BCUT2D eigenvalue weighted by molar-refractivity contribution is 5.52. The van der Waals surface area contributed by atoms with E-state index in [1.54, 1.807) is 14.2 Å². The van der Waals surface area contributed by atoms with E-state index in [9.17, 15) is 5.11 Å². The minimum atomic E-state index is 0.0683. The van der Waals surface area contributed by atoms with Gasteiger partial charge in [-0.1, -0.05) is 6.92 Å². The van der Waals surface area contributed by atoms with E-state index >= 15 is 0 Å². The molecule has 0 bridgehead atoms. The average molecular weight is 279 g/mol. The van der Waals surface area contributed by atoms with Gasteiger partial charge in [-0.15, -0.1) is 0 Å². The molecule has 0 amide bonds. The van der Waals surface area contributed by atoms with Crippen LogP contribution in [0.15, 0.2) is 12.1 Å². The number of likely N-dealkylation sites (tertiary alicyclic amines) is 1. The van der Waals surface area contributed by atoms with Gasteiger partial charge in [0.1, 0.15) is 0 Å². The van der Waals surface area contributed by atoms with E-state index in [-0.39, 0.29) is 5.75 Å². The number of phenols is 1. The summed E-state index contributed by atoms with van der Waals surface area (Å²) in [5.74, 6) is 1.75. The predicted molar refractivity (Wildman–Crippen MR) is 79.5 cm³/mol. The normalized spacial score (nSPS) is 23.6. The Labute approximate surface area is 121 Å². The van der Waals surface area contributed by atoms with Crippen molar-refractivity contribution in [3.63, 3.8) is 0 Å². The number of hydrogen-bond donors (Lipinski definition) is 1. The number of piperidine rings is 1. The molecule has 2 atom stereocenters. The molecule has 1 aliphatic rings. The van der Waals surface area contributed by atoms with Crippen molar-refractivity contribution in [3.8, 4) is 17.2 Å². The molecule has 112 valence electrons. The Hall–Kier alpha value is -1.42. The van der Waals surface area contributed by atoms with Crippen molar-refractivity contribution in [2.45, 2.75) is 39.3 Å². The minimum absolute atomic E-state index is 0.0683. The molecule has 1 aliphatic heterocycles. The Morgan fingerprint density at radius 1 is 1.15 bits per heavy atom. The first-order valence-corrected chi connectivity index (χ1v) is 7.23. The Bertz CT molecular complexity index is 436. The molecule has 20 heavy (non-hydrogen) atoms. The van der Waals surface area contributed by atoms with Crippen LogP contribution in [0.2, 0.25) is 0 Å². The van der Waals surface area contributed by atoms with E-state index in [4.69, 9.17) is 9.47 Å². The van der Waals surface area contributed by atoms with Crippen LogP contribution in [0.3, 0.4) is 0 Å². The van der Waals surface area contributed by atoms with Crippen LogP contribution in [0.1, 0.15) is 32.3 Å². The zero-order valence-electron chi connectivity index (χ0n) is 12.8. The molecule has 1 N–H and O–H groups in total. The van der Waals surface area contributed by atoms with Crippen LogP contribution in [0.25, 0.3) is 0 Å². The smallest absolute Gasteiger partial charge is 0.200 e. The minimum Gasteiger partial charge on any atom is -0.502 e. The fourth-order valence-corrected chi connectivity index (χ4v) is 2.87. The van der Waals surface area contributed by atoms with Gasteiger partial charge in [0.15, 0.2) is 11.5 Å². The number of ether oxygens (including phenoxy) is 2. The molecule has 0 aromatic heterocycles. The summed E-state index contributed by atoms with van der Waals surface area (Å²) < 4.78 is 10.4. The summed E-state index contributed by atoms with van der Waals surface area (Å²) in [7, 11) is 3.12. The van der Waals surface area contributed by atoms with Crippen molar-refractivity contribution in [3.05, 3.63) is 17.7 Å². The third-order valence-electron chi connectivity index (χ3n) is 4.17. The lowest BCUT2D eigenvalue weighted by molar-refractivity contribution is 0.117. The van der Waals surface area contributed by atoms with Crippen molar-refractivity contribution in [1.82, 2.24) is 4.90 Å². The highest BCUT2D eigenvalue weighted by Gasteiger charge is 2.23. The van der Waals surface area contributed by atoms with E-state index < -0.39 is 0 Å². The van der Waals surface area contributed by atoms with Gasteiger partial charge in [0, 0.05) is 19.1 Å². The van der Waals surface area contributed by atoms with E-state index in [1.807, 2.05) is 12.1 Å². The fourth-order valence-electron chi connectivity index (χ4n) is 2.87. The van der Waals surface area contributed by atoms with Gasteiger partial charge in [0.05, 0.1) is 14.2 Å². The molecule has 1 heterocycles. The van der Waals surface area contributed by atoms with Crippen LogP contribution < -0.4 is 9.47 Å². The zero-order valence-corrected chi connectivity index (χ0v) is 12.8. The van der Waals surface area contributed by atoms with Crippen molar-refractivity contribution in [2.24, 2.45) is 5.92 Å². The van der Waals surface area contributed by atoms with E-state index in [0.29, 0.717) is 17.5 Å².